The Morgan fingerprint density at radius 2 is 0.907 bits per heavy atom. The minimum Gasteiger partial charge on any atom is -0.496 e. The van der Waals surface area contributed by atoms with Crippen LogP contribution < -0.4 is 9.47 Å². The number of fused-ring (bicyclic) bond motifs is 1. The average Bonchev–Trinajstić information content (AvgIpc) is 3.80. The molecule has 0 N–H and O–H groups in total. The number of cyclic esters (lactones) is 1. The van der Waals surface area contributed by atoms with Gasteiger partial charge in [0.25, 0.3) is 0 Å². The molecule has 0 saturated carbocycles. The predicted molar refractivity (Wildman–Crippen MR) is 296 cm³/mol. The molecule has 13 nitrogen and oxygen atoms in total. The third-order valence-corrected chi connectivity index (χ3v) is 14.3. The van der Waals surface area contributed by atoms with Crippen LogP contribution >= 0.6 is 0 Å². The number of benzene rings is 1. The molecule has 0 unspecified atom stereocenters. The molecule has 2 rings (SSSR count). The molecule has 0 amide bonds. The number of rotatable bonds is 48. The minimum atomic E-state index is -0.936. The van der Waals surface area contributed by atoms with Gasteiger partial charge >= 0.3 is 35.8 Å². The molecule has 0 spiro atoms. The van der Waals surface area contributed by atoms with Gasteiger partial charge in [-0.25, -0.2) is 4.79 Å². The number of esters is 6. The van der Waals surface area contributed by atoms with Crippen LogP contribution in [0.15, 0.2) is 11.6 Å². The Kier molecular flexibility index (Phi) is 38.8. The third kappa shape index (κ3) is 31.4. The molecule has 0 saturated heterocycles. The third-order valence-electron chi connectivity index (χ3n) is 14.3. The molecule has 0 aliphatic carbocycles. The number of carbonyl (C=O) groups excluding carboxylic acids is 6. The first-order chi connectivity index (χ1) is 36.4. The van der Waals surface area contributed by atoms with Gasteiger partial charge in [-0.15, -0.1) is 0 Å². The van der Waals surface area contributed by atoms with E-state index < -0.39 is 24.0 Å². The van der Waals surface area contributed by atoms with E-state index in [1.807, 2.05) is 19.9 Å². The Morgan fingerprint density at radius 3 is 1.33 bits per heavy atom. The lowest BCUT2D eigenvalue weighted by molar-refractivity contribution is -0.167. The molecule has 0 atom stereocenters. The normalized spacial score (nSPS) is 12.1. The maximum absolute atomic E-state index is 13.3. The van der Waals surface area contributed by atoms with Gasteiger partial charge in [0.2, 0.25) is 0 Å². The van der Waals surface area contributed by atoms with E-state index in [1.54, 1.807) is 0 Å². The van der Waals surface area contributed by atoms with Crippen molar-refractivity contribution in [2.24, 2.45) is 0 Å². The first-order valence-electron chi connectivity index (χ1n) is 29.8. The second kappa shape index (κ2) is 43.7. The summed E-state index contributed by atoms with van der Waals surface area (Å²) in [7, 11) is 2.86. The van der Waals surface area contributed by atoms with Crippen molar-refractivity contribution in [1.29, 1.82) is 0 Å². The summed E-state index contributed by atoms with van der Waals surface area (Å²) in [6, 6.07) is 0. The lowest BCUT2D eigenvalue weighted by Crippen LogP contribution is -2.30. The van der Waals surface area contributed by atoms with Crippen molar-refractivity contribution in [3.05, 3.63) is 33.9 Å². The smallest absolute Gasteiger partial charge is 0.342 e. The molecule has 13 heteroatoms. The Bertz CT molecular complexity index is 1750. The van der Waals surface area contributed by atoms with Crippen LogP contribution in [0.25, 0.3) is 0 Å². The van der Waals surface area contributed by atoms with Crippen LogP contribution in [0, 0.1) is 6.92 Å². The van der Waals surface area contributed by atoms with Gasteiger partial charge < -0.3 is 33.2 Å². The van der Waals surface area contributed by atoms with Crippen molar-refractivity contribution in [3.63, 3.8) is 0 Å². The summed E-state index contributed by atoms with van der Waals surface area (Å²) in [5.74, 6) is -2.11. The van der Waals surface area contributed by atoms with Crippen LogP contribution in [0.5, 0.6) is 11.5 Å². The molecular formula is C62H102O13. The molecule has 75 heavy (non-hydrogen) atoms. The number of hydrogen-bond donors (Lipinski definition) is 0. The largest absolute Gasteiger partial charge is 0.496 e. The van der Waals surface area contributed by atoms with Crippen LogP contribution in [0.1, 0.15) is 285 Å². The zero-order valence-corrected chi connectivity index (χ0v) is 48.0. The molecule has 0 fully saturated rings. The second-order valence-electron chi connectivity index (χ2n) is 20.9. The van der Waals surface area contributed by atoms with Crippen molar-refractivity contribution in [2.45, 2.75) is 284 Å². The SMILES string of the molecule is CCCCCCCCCCCCCCCCC(=O)OCC(COC(=O)CCCCCCCCCCCCCCCC)OC(=O)CCCCCC(=O)Oc1c(C/C=C(\C)CCC(=O)OC)c(OC)c(C)c2c1C(=O)OC2. The van der Waals surface area contributed by atoms with E-state index in [2.05, 4.69) is 13.8 Å². The van der Waals surface area contributed by atoms with E-state index in [9.17, 15) is 28.8 Å². The summed E-state index contributed by atoms with van der Waals surface area (Å²) >= 11 is 0. The van der Waals surface area contributed by atoms with Crippen LogP contribution in [0.4, 0.5) is 0 Å². The summed E-state index contributed by atoms with van der Waals surface area (Å²) in [5.41, 5.74) is 2.97. The maximum Gasteiger partial charge on any atom is 0.342 e. The maximum atomic E-state index is 13.3. The Balaban J connectivity index is 1.85. The summed E-state index contributed by atoms with van der Waals surface area (Å²) in [6.45, 7) is 7.86. The van der Waals surface area contributed by atoms with Crippen LogP contribution in [0.3, 0.4) is 0 Å². The standard InChI is InChI=1S/C62H102O13/c1-7-9-11-13-15-17-19-21-23-25-27-29-31-34-38-55(64)71-46-51(47-72-56(65)39-35-32-30-28-26-24-22-20-18-16-14-12-10-8-2)74-57(66)40-36-33-37-41-58(67)75-61-52(44-42-49(3)43-45-54(63)69-5)60(70-6)50(4)53-48-73-62(68)59(53)61/h42,51H,7-41,43-48H2,1-6H3/b49-42+. The van der Waals surface area contributed by atoms with Crippen molar-refractivity contribution >= 4 is 35.8 Å². The van der Waals surface area contributed by atoms with Crippen LogP contribution in [0.2, 0.25) is 0 Å². The average molecular weight is 1060 g/mol. The lowest BCUT2D eigenvalue weighted by Gasteiger charge is -2.19. The van der Waals surface area contributed by atoms with Gasteiger partial charge in [0, 0.05) is 43.2 Å². The fourth-order valence-electron chi connectivity index (χ4n) is 9.59. The van der Waals surface area contributed by atoms with Gasteiger partial charge in [0.15, 0.2) is 11.9 Å². The van der Waals surface area contributed by atoms with Gasteiger partial charge in [0.1, 0.15) is 31.1 Å². The van der Waals surface area contributed by atoms with Crippen LogP contribution in [-0.2, 0) is 60.7 Å². The van der Waals surface area contributed by atoms with Crippen molar-refractivity contribution < 1.29 is 61.9 Å². The first-order valence-corrected chi connectivity index (χ1v) is 29.8. The van der Waals surface area contributed by atoms with Crippen molar-refractivity contribution in [1.82, 2.24) is 0 Å². The van der Waals surface area contributed by atoms with E-state index in [0.717, 1.165) is 49.7 Å². The lowest BCUT2D eigenvalue weighted by atomic mass is 9.94. The number of hydrogen-bond acceptors (Lipinski definition) is 13. The van der Waals surface area contributed by atoms with E-state index in [1.165, 1.54) is 155 Å². The Hall–Kier alpha value is -4.42. The molecular weight excluding hydrogens is 953 g/mol. The number of unbranched alkanes of at least 4 members (excludes halogenated alkanes) is 28. The second-order valence-corrected chi connectivity index (χ2v) is 20.9. The fraction of sp³-hybridized carbons (Fsp3) is 0.774. The number of methoxy groups -OCH3 is 2. The zero-order chi connectivity index (χ0) is 54.7. The molecule has 1 aliphatic heterocycles. The highest BCUT2D eigenvalue weighted by Crippen LogP contribution is 2.43. The quantitative estimate of drug-likeness (QED) is 0.0199. The minimum absolute atomic E-state index is 0.0235. The Morgan fingerprint density at radius 1 is 0.507 bits per heavy atom. The van der Waals surface area contributed by atoms with E-state index in [4.69, 9.17) is 33.2 Å². The van der Waals surface area contributed by atoms with Crippen molar-refractivity contribution in [2.75, 3.05) is 27.4 Å². The molecule has 1 aromatic rings. The number of carbonyl (C=O) groups is 6. The van der Waals surface area contributed by atoms with Gasteiger partial charge in [-0.1, -0.05) is 199 Å². The van der Waals surface area contributed by atoms with Gasteiger partial charge in [-0.05, 0) is 57.9 Å². The molecule has 1 aliphatic rings. The number of allylic oxidation sites excluding steroid dienone is 2. The highest BCUT2D eigenvalue weighted by molar-refractivity contribution is 5.99. The predicted octanol–water partition coefficient (Wildman–Crippen LogP) is 15.7. The first kappa shape index (κ1) is 66.7. The van der Waals surface area contributed by atoms with Crippen LogP contribution in [-0.4, -0.2) is 69.4 Å². The number of ether oxygens (including phenoxy) is 7. The summed E-state index contributed by atoms with van der Waals surface area (Å²) in [4.78, 5) is 76.6. The van der Waals surface area contributed by atoms with Gasteiger partial charge in [-0.3, -0.25) is 24.0 Å². The van der Waals surface area contributed by atoms with Crippen molar-refractivity contribution in [3.8, 4) is 11.5 Å². The molecule has 0 bridgehead atoms. The van der Waals surface area contributed by atoms with E-state index in [-0.39, 0.29) is 87.6 Å². The molecule has 0 radical (unpaired) electrons. The van der Waals surface area contributed by atoms with E-state index >= 15 is 0 Å². The van der Waals surface area contributed by atoms with E-state index in [0.29, 0.717) is 42.6 Å². The molecule has 0 aromatic heterocycles. The summed E-state index contributed by atoms with van der Waals surface area (Å²) < 4.78 is 38.6. The summed E-state index contributed by atoms with van der Waals surface area (Å²) in [5, 5.41) is 0. The topological polar surface area (TPSA) is 167 Å². The highest BCUT2D eigenvalue weighted by atomic mass is 16.6. The highest BCUT2D eigenvalue weighted by Gasteiger charge is 2.34. The monoisotopic (exact) mass is 1050 g/mol. The van der Waals surface area contributed by atoms with Gasteiger partial charge in [-0.2, -0.15) is 0 Å². The fourth-order valence-corrected chi connectivity index (χ4v) is 9.59. The molecule has 1 heterocycles. The van der Waals surface area contributed by atoms with Gasteiger partial charge in [0.05, 0.1) is 14.2 Å². The molecule has 1 aromatic carbocycles. The Labute approximate surface area is 453 Å². The summed E-state index contributed by atoms with van der Waals surface area (Å²) in [6.07, 6.45) is 38.1. The zero-order valence-electron chi connectivity index (χ0n) is 48.0. The molecule has 428 valence electrons.